The van der Waals surface area contributed by atoms with Gasteiger partial charge in [0.15, 0.2) is 5.75 Å². The largest absolute Gasteiger partial charge is 0.503 e. The summed E-state index contributed by atoms with van der Waals surface area (Å²) in [5, 5.41) is 25.3. The van der Waals surface area contributed by atoms with E-state index in [0.29, 0.717) is 6.42 Å². The van der Waals surface area contributed by atoms with Gasteiger partial charge in [0.25, 0.3) is 0 Å². The van der Waals surface area contributed by atoms with Crippen LogP contribution in [-0.4, -0.2) is 26.4 Å². The first-order valence-electron chi connectivity index (χ1n) is 17.2. The zero-order chi connectivity index (χ0) is 35.3. The number of nitrogens with zero attached hydrogens (tertiary/aromatic N) is 3. The molecule has 0 aliphatic carbocycles. The van der Waals surface area contributed by atoms with E-state index in [9.17, 15) is 10.3 Å². The fourth-order valence-corrected chi connectivity index (χ4v) is 7.56. The van der Waals surface area contributed by atoms with Gasteiger partial charge in [0.2, 0.25) is 5.82 Å². The number of anilines is 1. The highest BCUT2D eigenvalue weighted by Crippen LogP contribution is 2.52. The van der Waals surface area contributed by atoms with Gasteiger partial charge in [-0.2, -0.15) is 4.98 Å². The van der Waals surface area contributed by atoms with Crippen LogP contribution >= 0.6 is 0 Å². The van der Waals surface area contributed by atoms with Crippen molar-refractivity contribution in [2.24, 2.45) is 0 Å². The smallest absolute Gasteiger partial charge is 0.351 e. The van der Waals surface area contributed by atoms with Gasteiger partial charge >= 0.3 is 5.69 Å². The molecule has 0 radical (unpaired) electrons. The van der Waals surface area contributed by atoms with Gasteiger partial charge < -0.3 is 5.11 Å². The molecule has 0 atom stereocenters. The summed E-state index contributed by atoms with van der Waals surface area (Å²) in [5.74, 6) is -0.516. The maximum absolute atomic E-state index is 15.4. The minimum atomic E-state index is -1.35. The minimum absolute atomic E-state index is 0.152. The second kappa shape index (κ2) is 14.3. The molecule has 252 valence electrons. The van der Waals surface area contributed by atoms with Crippen LogP contribution in [0.15, 0.2) is 187 Å². The Morgan fingerprint density at radius 2 is 0.863 bits per heavy atom. The van der Waals surface area contributed by atoms with Gasteiger partial charge in [-0.3, -0.25) is 9.77 Å². The lowest BCUT2D eigenvalue weighted by atomic mass is 9.65. The number of aromatic nitrogens is 2. The highest BCUT2D eigenvalue weighted by Gasteiger charge is 2.50. The molecule has 0 fully saturated rings. The Labute approximate surface area is 298 Å². The van der Waals surface area contributed by atoms with Gasteiger partial charge in [0, 0.05) is 6.54 Å². The van der Waals surface area contributed by atoms with Crippen LogP contribution in [0.4, 0.5) is 5.82 Å². The van der Waals surface area contributed by atoms with Crippen molar-refractivity contribution < 1.29 is 10.3 Å². The number of benzene rings is 6. The van der Waals surface area contributed by atoms with Crippen molar-refractivity contribution in [1.82, 2.24) is 9.55 Å². The second-order valence-corrected chi connectivity index (χ2v) is 12.5. The molecule has 0 amide bonds. The van der Waals surface area contributed by atoms with Gasteiger partial charge in [0.05, 0.1) is 11.1 Å². The maximum atomic E-state index is 15.4. The first-order valence-corrected chi connectivity index (χ1v) is 17.2. The highest BCUT2D eigenvalue weighted by molar-refractivity contribution is 5.67. The molecule has 0 spiro atoms. The van der Waals surface area contributed by atoms with E-state index < -0.39 is 16.6 Å². The zero-order valence-corrected chi connectivity index (χ0v) is 28.4. The van der Waals surface area contributed by atoms with E-state index in [2.05, 4.69) is 4.98 Å². The Bertz CT molecular complexity index is 2050. The maximum Gasteiger partial charge on any atom is 0.351 e. The van der Waals surface area contributed by atoms with Crippen LogP contribution in [-0.2, 0) is 11.0 Å². The lowest BCUT2D eigenvalue weighted by Crippen LogP contribution is -2.51. The normalized spacial score (nSPS) is 11.6. The van der Waals surface area contributed by atoms with Crippen molar-refractivity contribution in [3.8, 4) is 5.75 Å². The Morgan fingerprint density at radius 1 is 0.549 bits per heavy atom. The first-order chi connectivity index (χ1) is 25.0. The molecule has 1 heterocycles. The van der Waals surface area contributed by atoms with Crippen molar-refractivity contribution >= 4 is 5.82 Å². The van der Waals surface area contributed by atoms with E-state index in [1.165, 1.54) is 0 Å². The molecular formula is C45H39N3O3. The molecule has 6 aromatic carbocycles. The number of hydrogen-bond acceptors (Lipinski definition) is 5. The number of aromatic hydroxyl groups is 1. The molecule has 0 aliphatic rings. The topological polar surface area (TPSA) is 78.6 Å². The summed E-state index contributed by atoms with van der Waals surface area (Å²) < 4.78 is 1.67. The minimum Gasteiger partial charge on any atom is -0.503 e. The second-order valence-electron chi connectivity index (χ2n) is 12.5. The van der Waals surface area contributed by atoms with Crippen LogP contribution in [0, 0.1) is 0 Å². The monoisotopic (exact) mass is 669 g/mol. The van der Waals surface area contributed by atoms with E-state index in [-0.39, 0.29) is 23.8 Å². The predicted octanol–water partition coefficient (Wildman–Crippen LogP) is 8.78. The summed E-state index contributed by atoms with van der Waals surface area (Å²) in [6.07, 6.45) is 0.555. The first kappa shape index (κ1) is 33.3. The standard InChI is InChI=1S/C45H39N3O3/c1-2-33-47(51)42-40(49)41(44(34-21-9-3-10-22-34,35-23-11-4-12-24-35)36-25-13-5-14-26-36)48(43(50)46-42)45(37-27-15-6-16-28-37,38-29-17-7-18-30-38)39-31-19-8-20-32-39/h3-32,49,51H,2,33H2,1H3. The van der Waals surface area contributed by atoms with Gasteiger partial charge in [-0.25, -0.2) is 9.86 Å². The van der Waals surface area contributed by atoms with Crippen molar-refractivity contribution in [2.75, 3.05) is 11.6 Å². The molecule has 6 nitrogen and oxygen atoms in total. The van der Waals surface area contributed by atoms with Gasteiger partial charge in [-0.1, -0.05) is 189 Å². The van der Waals surface area contributed by atoms with Crippen molar-refractivity contribution in [3.05, 3.63) is 232 Å². The molecule has 0 bridgehead atoms. The number of hydrogen-bond donors (Lipinski definition) is 2. The van der Waals surface area contributed by atoms with Gasteiger partial charge in [0.1, 0.15) is 5.54 Å². The fourth-order valence-electron chi connectivity index (χ4n) is 7.56. The third kappa shape index (κ3) is 5.60. The summed E-state index contributed by atoms with van der Waals surface area (Å²) >= 11 is 0. The molecule has 0 aliphatic heterocycles. The van der Waals surface area contributed by atoms with Crippen LogP contribution in [0.25, 0.3) is 0 Å². The molecule has 0 saturated carbocycles. The average Bonchev–Trinajstić information content (AvgIpc) is 3.20. The molecule has 7 aromatic rings. The summed E-state index contributed by atoms with van der Waals surface area (Å²) in [6.45, 7) is 2.06. The summed E-state index contributed by atoms with van der Waals surface area (Å²) in [5.41, 5.74) is 1.76. The summed E-state index contributed by atoms with van der Waals surface area (Å²) in [6, 6.07) is 59.4. The molecular weight excluding hydrogens is 631 g/mol. The van der Waals surface area contributed by atoms with Crippen molar-refractivity contribution in [2.45, 2.75) is 24.3 Å². The Hall–Kier alpha value is -6.24. The molecule has 7 rings (SSSR count). The zero-order valence-electron chi connectivity index (χ0n) is 28.4. The average molecular weight is 670 g/mol. The molecule has 2 N–H and O–H groups in total. The molecule has 0 saturated heterocycles. The van der Waals surface area contributed by atoms with E-state index in [1.54, 1.807) is 4.57 Å². The molecule has 51 heavy (non-hydrogen) atoms. The molecule has 6 heteroatoms. The Kier molecular flexibility index (Phi) is 9.34. The predicted molar refractivity (Wildman–Crippen MR) is 203 cm³/mol. The number of rotatable bonds is 11. The third-order valence-corrected chi connectivity index (χ3v) is 9.62. The van der Waals surface area contributed by atoms with E-state index >= 15 is 4.79 Å². The molecule has 1 aromatic heterocycles. The highest BCUT2D eigenvalue weighted by atomic mass is 16.5. The molecule has 0 unspecified atom stereocenters. The van der Waals surface area contributed by atoms with Crippen molar-refractivity contribution in [1.29, 1.82) is 0 Å². The quantitative estimate of drug-likeness (QED) is 0.106. The lowest BCUT2D eigenvalue weighted by molar-refractivity contribution is 0.244. The van der Waals surface area contributed by atoms with Crippen LogP contribution in [0.5, 0.6) is 5.75 Å². The van der Waals surface area contributed by atoms with Crippen LogP contribution < -0.4 is 10.8 Å². The van der Waals surface area contributed by atoms with Gasteiger partial charge in [-0.05, 0) is 39.8 Å². The van der Waals surface area contributed by atoms with E-state index in [0.717, 1.165) is 38.4 Å². The van der Waals surface area contributed by atoms with Gasteiger partial charge in [-0.15, -0.1) is 0 Å². The Balaban J connectivity index is 1.82. The summed E-state index contributed by atoms with van der Waals surface area (Å²) in [4.78, 5) is 20.0. The number of hydroxylamine groups is 1. The van der Waals surface area contributed by atoms with Crippen LogP contribution in [0.3, 0.4) is 0 Å². The SMILES string of the molecule is CCCN(O)c1nc(=O)n(C(c2ccccc2)(c2ccccc2)c2ccccc2)c(C(c2ccccc2)(c2ccccc2)c2ccccc2)c1O. The summed E-state index contributed by atoms with van der Waals surface area (Å²) in [7, 11) is 0. The van der Waals surface area contributed by atoms with Crippen LogP contribution in [0.2, 0.25) is 0 Å². The van der Waals surface area contributed by atoms with Crippen molar-refractivity contribution in [3.63, 3.8) is 0 Å². The van der Waals surface area contributed by atoms with Crippen LogP contribution in [0.1, 0.15) is 52.4 Å². The van der Waals surface area contributed by atoms with E-state index in [4.69, 9.17) is 0 Å². The Morgan fingerprint density at radius 3 is 1.18 bits per heavy atom. The third-order valence-electron chi connectivity index (χ3n) is 9.62. The fraction of sp³-hybridized carbons (Fsp3) is 0.111. The lowest BCUT2D eigenvalue weighted by Gasteiger charge is -2.45. The van der Waals surface area contributed by atoms with E-state index in [1.807, 2.05) is 189 Å².